The molecule has 2 atom stereocenters. The Morgan fingerprint density at radius 1 is 1.48 bits per heavy atom. The van der Waals surface area contributed by atoms with E-state index in [1.807, 2.05) is 31.7 Å². The van der Waals surface area contributed by atoms with Crippen molar-refractivity contribution in [1.82, 2.24) is 9.55 Å². The number of imidazole rings is 1. The molecule has 1 aliphatic heterocycles. The van der Waals surface area contributed by atoms with Gasteiger partial charge in [0, 0.05) is 12.4 Å². The van der Waals surface area contributed by atoms with Crippen LogP contribution in [0.4, 0.5) is 0 Å². The Labute approximate surface area is 128 Å². The summed E-state index contributed by atoms with van der Waals surface area (Å²) in [7, 11) is 0. The first-order valence-electron chi connectivity index (χ1n) is 7.64. The number of hydrogen-bond acceptors (Lipinski definition) is 2. The maximum atomic E-state index is 6.27. The van der Waals surface area contributed by atoms with Crippen LogP contribution < -0.4 is 0 Å². The van der Waals surface area contributed by atoms with Gasteiger partial charge >= 0.3 is 0 Å². The van der Waals surface area contributed by atoms with E-state index in [1.165, 1.54) is 0 Å². The number of allylic oxidation sites excluding steroid dienone is 4. The lowest BCUT2D eigenvalue weighted by Gasteiger charge is -2.30. The number of ether oxygens (including phenoxy) is 1. The molecule has 3 heteroatoms. The molecule has 0 unspecified atom stereocenters. The predicted molar refractivity (Wildman–Crippen MR) is 87.1 cm³/mol. The summed E-state index contributed by atoms with van der Waals surface area (Å²) in [6.45, 7) is 13.0. The number of aromatic nitrogens is 2. The summed E-state index contributed by atoms with van der Waals surface area (Å²) in [5, 5.41) is 0. The van der Waals surface area contributed by atoms with E-state index in [0.717, 1.165) is 43.4 Å². The van der Waals surface area contributed by atoms with Gasteiger partial charge in [0.1, 0.15) is 0 Å². The van der Waals surface area contributed by atoms with E-state index in [1.54, 1.807) is 0 Å². The summed E-state index contributed by atoms with van der Waals surface area (Å²) in [6.07, 6.45) is 14.3. The van der Waals surface area contributed by atoms with Crippen LogP contribution in [0.3, 0.4) is 0 Å². The second-order valence-corrected chi connectivity index (χ2v) is 6.22. The molecular formula is C18H26N2O. The first-order valence-corrected chi connectivity index (χ1v) is 7.64. The smallest absolute Gasteiger partial charge is 0.0946 e. The summed E-state index contributed by atoms with van der Waals surface area (Å²) in [5.41, 5.74) is 2.10. The van der Waals surface area contributed by atoms with Crippen LogP contribution in [0.1, 0.15) is 39.5 Å². The molecule has 0 aliphatic carbocycles. The monoisotopic (exact) mass is 286 g/mol. The molecule has 1 saturated heterocycles. The van der Waals surface area contributed by atoms with Crippen molar-refractivity contribution in [1.29, 1.82) is 0 Å². The van der Waals surface area contributed by atoms with Crippen LogP contribution in [0.25, 0.3) is 0 Å². The highest BCUT2D eigenvalue weighted by molar-refractivity contribution is 5.23. The maximum Gasteiger partial charge on any atom is 0.0946 e. The van der Waals surface area contributed by atoms with Gasteiger partial charge in [0.05, 0.1) is 24.6 Å². The molecule has 0 radical (unpaired) electrons. The molecule has 0 N–H and O–H groups in total. The minimum Gasteiger partial charge on any atom is -0.370 e. The molecule has 0 amide bonds. The molecule has 1 aromatic heterocycles. The van der Waals surface area contributed by atoms with E-state index in [9.17, 15) is 0 Å². The van der Waals surface area contributed by atoms with Crippen LogP contribution in [0.5, 0.6) is 0 Å². The Bertz CT molecular complexity index is 515. The molecule has 0 bridgehead atoms. The average molecular weight is 286 g/mol. The fourth-order valence-electron chi connectivity index (χ4n) is 2.84. The van der Waals surface area contributed by atoms with Gasteiger partial charge in [0.25, 0.3) is 0 Å². The quantitative estimate of drug-likeness (QED) is 0.699. The van der Waals surface area contributed by atoms with E-state index in [2.05, 4.69) is 35.7 Å². The van der Waals surface area contributed by atoms with Crippen molar-refractivity contribution in [3.8, 4) is 0 Å². The predicted octanol–water partition coefficient (Wildman–Crippen LogP) is 4.29. The maximum absolute atomic E-state index is 6.27. The number of hydrogen-bond donors (Lipinski definition) is 0. The molecule has 0 saturated carbocycles. The van der Waals surface area contributed by atoms with Gasteiger partial charge in [-0.3, -0.25) is 0 Å². The summed E-state index contributed by atoms with van der Waals surface area (Å²) in [6, 6.07) is 0. The number of rotatable bonds is 7. The zero-order valence-electron chi connectivity index (χ0n) is 13.2. The van der Waals surface area contributed by atoms with E-state index >= 15 is 0 Å². The van der Waals surface area contributed by atoms with Gasteiger partial charge in [-0.05, 0) is 39.5 Å². The SMILES string of the molecule is C=C(C)/C=C\C(=C)CC[C@@]1(Cn2ccnc2)CC[C@@H](C)O1. The van der Waals surface area contributed by atoms with E-state index in [4.69, 9.17) is 4.74 Å². The van der Waals surface area contributed by atoms with Gasteiger partial charge in [0.2, 0.25) is 0 Å². The van der Waals surface area contributed by atoms with Gasteiger partial charge in [-0.1, -0.05) is 36.5 Å². The molecular weight excluding hydrogens is 260 g/mol. The van der Waals surface area contributed by atoms with Crippen LogP contribution in [0.15, 0.2) is 55.2 Å². The highest BCUT2D eigenvalue weighted by Gasteiger charge is 2.38. The van der Waals surface area contributed by atoms with E-state index < -0.39 is 0 Å². The van der Waals surface area contributed by atoms with Gasteiger partial charge < -0.3 is 9.30 Å². The zero-order valence-corrected chi connectivity index (χ0v) is 13.2. The third-order valence-electron chi connectivity index (χ3n) is 3.99. The minimum atomic E-state index is -0.0832. The summed E-state index contributed by atoms with van der Waals surface area (Å²) >= 11 is 0. The molecule has 3 nitrogen and oxygen atoms in total. The zero-order chi connectivity index (χ0) is 15.3. The summed E-state index contributed by atoms with van der Waals surface area (Å²) in [4.78, 5) is 4.13. The van der Waals surface area contributed by atoms with Gasteiger partial charge in [-0.15, -0.1) is 0 Å². The fourth-order valence-corrected chi connectivity index (χ4v) is 2.84. The molecule has 114 valence electrons. The van der Waals surface area contributed by atoms with Crippen molar-refractivity contribution in [2.45, 2.75) is 57.8 Å². The second kappa shape index (κ2) is 6.90. The lowest BCUT2D eigenvalue weighted by atomic mass is 9.91. The van der Waals surface area contributed by atoms with E-state index in [0.29, 0.717) is 6.10 Å². The number of nitrogens with zero attached hydrogens (tertiary/aromatic N) is 2. The highest BCUT2D eigenvalue weighted by Crippen LogP contribution is 2.36. The van der Waals surface area contributed by atoms with Gasteiger partial charge in [-0.25, -0.2) is 4.98 Å². The standard InChI is InChI=1S/C18H26N2O/c1-15(2)5-6-16(3)7-9-18(10-8-17(4)21-18)13-20-12-11-19-14-20/h5-6,11-12,14,17H,1,3,7-10,13H2,2,4H3/b6-5-/t17-,18+/m1/s1. The molecule has 21 heavy (non-hydrogen) atoms. The van der Waals surface area contributed by atoms with Crippen molar-refractivity contribution in [3.63, 3.8) is 0 Å². The van der Waals surface area contributed by atoms with Gasteiger partial charge in [-0.2, -0.15) is 0 Å². The van der Waals surface area contributed by atoms with Crippen LogP contribution >= 0.6 is 0 Å². The summed E-state index contributed by atoms with van der Waals surface area (Å²) < 4.78 is 8.38. The van der Waals surface area contributed by atoms with Crippen molar-refractivity contribution >= 4 is 0 Å². The van der Waals surface area contributed by atoms with Crippen LogP contribution in [-0.2, 0) is 11.3 Å². The molecule has 0 spiro atoms. The molecule has 1 aromatic rings. The van der Waals surface area contributed by atoms with Crippen molar-refractivity contribution in [2.75, 3.05) is 0 Å². The van der Waals surface area contributed by atoms with Crippen molar-refractivity contribution < 1.29 is 4.74 Å². The molecule has 1 fully saturated rings. The Morgan fingerprint density at radius 3 is 2.86 bits per heavy atom. The topological polar surface area (TPSA) is 27.1 Å². The Balaban J connectivity index is 1.97. The normalized spacial score (nSPS) is 25.5. The van der Waals surface area contributed by atoms with E-state index in [-0.39, 0.29) is 5.60 Å². The lowest BCUT2D eigenvalue weighted by molar-refractivity contribution is -0.0505. The Morgan fingerprint density at radius 2 is 2.29 bits per heavy atom. The molecule has 2 rings (SSSR count). The highest BCUT2D eigenvalue weighted by atomic mass is 16.5. The average Bonchev–Trinajstić information content (AvgIpc) is 3.05. The van der Waals surface area contributed by atoms with Crippen LogP contribution in [-0.4, -0.2) is 21.3 Å². The van der Waals surface area contributed by atoms with Crippen LogP contribution in [0.2, 0.25) is 0 Å². The summed E-state index contributed by atoms with van der Waals surface area (Å²) in [5.74, 6) is 0. The molecule has 2 heterocycles. The molecule has 1 aliphatic rings. The molecule has 0 aromatic carbocycles. The first kappa shape index (κ1) is 15.8. The first-order chi connectivity index (χ1) is 9.99. The third kappa shape index (κ3) is 4.71. The van der Waals surface area contributed by atoms with Crippen molar-refractivity contribution in [2.24, 2.45) is 0 Å². The third-order valence-corrected chi connectivity index (χ3v) is 3.99. The minimum absolute atomic E-state index is 0.0832. The lowest BCUT2D eigenvalue weighted by Crippen LogP contribution is -2.34. The largest absolute Gasteiger partial charge is 0.370 e. The van der Waals surface area contributed by atoms with Gasteiger partial charge in [0.15, 0.2) is 0 Å². The van der Waals surface area contributed by atoms with Crippen molar-refractivity contribution in [3.05, 3.63) is 55.2 Å². The second-order valence-electron chi connectivity index (χ2n) is 6.22. The van der Waals surface area contributed by atoms with Crippen LogP contribution in [0, 0.1) is 0 Å². The Hall–Kier alpha value is -1.61. The fraction of sp³-hybridized carbons (Fsp3) is 0.500. The Kier molecular flexibility index (Phi) is 5.18.